The lowest BCUT2D eigenvalue weighted by Crippen LogP contribution is -2.45. The van der Waals surface area contributed by atoms with Crippen molar-refractivity contribution in [1.82, 2.24) is 10.2 Å². The van der Waals surface area contributed by atoms with Crippen LogP contribution in [-0.4, -0.2) is 37.1 Å². The Hall–Kier alpha value is -0.0800. The molecule has 0 amide bonds. The zero-order chi connectivity index (χ0) is 15.1. The first-order valence-corrected chi connectivity index (χ1v) is 9.63. The molecule has 1 saturated heterocycles. The molecule has 0 aromatic heterocycles. The lowest BCUT2D eigenvalue weighted by atomic mass is 9.80. The van der Waals surface area contributed by atoms with E-state index in [-0.39, 0.29) is 0 Å². The van der Waals surface area contributed by atoms with Crippen LogP contribution in [0.25, 0.3) is 0 Å². The first kappa shape index (κ1) is 17.3. The molecule has 1 saturated carbocycles. The maximum atomic E-state index is 3.59. The standard InChI is InChI=1S/C19H38N2/c1-4-11-21(15-18-8-6-10-20-14-18)19-9-5-7-17(13-19)12-16(2)3/h16-20H,4-15H2,1-3H3. The molecule has 3 atom stereocenters. The second-order valence-corrected chi connectivity index (χ2v) is 8.02. The lowest BCUT2D eigenvalue weighted by Gasteiger charge is -2.40. The highest BCUT2D eigenvalue weighted by Gasteiger charge is 2.28. The zero-order valence-corrected chi connectivity index (χ0v) is 14.7. The topological polar surface area (TPSA) is 15.3 Å². The van der Waals surface area contributed by atoms with Crippen LogP contribution in [0.2, 0.25) is 0 Å². The molecule has 21 heavy (non-hydrogen) atoms. The normalized spacial score (nSPS) is 31.0. The monoisotopic (exact) mass is 294 g/mol. The van der Waals surface area contributed by atoms with Gasteiger partial charge in [-0.15, -0.1) is 0 Å². The van der Waals surface area contributed by atoms with Gasteiger partial charge < -0.3 is 10.2 Å². The first-order valence-electron chi connectivity index (χ1n) is 9.63. The van der Waals surface area contributed by atoms with Crippen LogP contribution >= 0.6 is 0 Å². The zero-order valence-electron chi connectivity index (χ0n) is 14.7. The van der Waals surface area contributed by atoms with Crippen molar-refractivity contribution in [3.8, 4) is 0 Å². The minimum atomic E-state index is 0.871. The van der Waals surface area contributed by atoms with E-state index in [4.69, 9.17) is 0 Å². The summed E-state index contributed by atoms with van der Waals surface area (Å²) in [6.45, 7) is 12.3. The van der Waals surface area contributed by atoms with Gasteiger partial charge in [0, 0.05) is 12.6 Å². The second kappa shape index (κ2) is 9.15. The van der Waals surface area contributed by atoms with Gasteiger partial charge in [0.15, 0.2) is 0 Å². The number of nitrogens with one attached hydrogen (secondary N) is 1. The van der Waals surface area contributed by atoms with Crippen LogP contribution < -0.4 is 5.32 Å². The van der Waals surface area contributed by atoms with Crippen LogP contribution in [0.1, 0.15) is 72.1 Å². The number of piperidine rings is 1. The maximum absolute atomic E-state index is 3.59. The van der Waals surface area contributed by atoms with E-state index in [0.29, 0.717) is 0 Å². The molecular weight excluding hydrogens is 256 g/mol. The summed E-state index contributed by atoms with van der Waals surface area (Å²) in [4.78, 5) is 2.87. The van der Waals surface area contributed by atoms with Gasteiger partial charge in [0.1, 0.15) is 0 Å². The summed E-state index contributed by atoms with van der Waals surface area (Å²) in [5, 5.41) is 3.59. The first-order chi connectivity index (χ1) is 10.2. The van der Waals surface area contributed by atoms with Gasteiger partial charge in [-0.25, -0.2) is 0 Å². The Morgan fingerprint density at radius 3 is 2.57 bits per heavy atom. The van der Waals surface area contributed by atoms with Crippen molar-refractivity contribution < 1.29 is 0 Å². The van der Waals surface area contributed by atoms with Gasteiger partial charge in [-0.3, -0.25) is 0 Å². The third-order valence-electron chi connectivity index (χ3n) is 5.48. The lowest BCUT2D eigenvalue weighted by molar-refractivity contribution is 0.0991. The largest absolute Gasteiger partial charge is 0.316 e. The molecule has 1 aliphatic carbocycles. The van der Waals surface area contributed by atoms with E-state index in [2.05, 4.69) is 31.0 Å². The summed E-state index contributed by atoms with van der Waals surface area (Å²) >= 11 is 0. The average molecular weight is 295 g/mol. The minimum Gasteiger partial charge on any atom is -0.316 e. The fourth-order valence-electron chi connectivity index (χ4n) is 4.60. The van der Waals surface area contributed by atoms with E-state index in [1.165, 1.54) is 77.5 Å². The van der Waals surface area contributed by atoms with Crippen LogP contribution in [0, 0.1) is 17.8 Å². The molecule has 0 spiro atoms. The molecule has 2 rings (SSSR count). The Morgan fingerprint density at radius 2 is 1.90 bits per heavy atom. The van der Waals surface area contributed by atoms with Crippen LogP contribution in [-0.2, 0) is 0 Å². The summed E-state index contributed by atoms with van der Waals surface area (Å²) in [5.41, 5.74) is 0. The average Bonchev–Trinajstić information content (AvgIpc) is 2.47. The Kier molecular flexibility index (Phi) is 7.53. The molecule has 2 fully saturated rings. The van der Waals surface area contributed by atoms with Gasteiger partial charge in [-0.1, -0.05) is 33.6 Å². The SMILES string of the molecule is CCCN(CC1CCCNC1)C1CCCC(CC(C)C)C1. The summed E-state index contributed by atoms with van der Waals surface area (Å²) in [6, 6.07) is 0.879. The van der Waals surface area contributed by atoms with E-state index >= 15 is 0 Å². The van der Waals surface area contributed by atoms with Crippen molar-refractivity contribution in [2.24, 2.45) is 17.8 Å². The van der Waals surface area contributed by atoms with Gasteiger partial charge in [0.2, 0.25) is 0 Å². The molecule has 1 N–H and O–H groups in total. The fourth-order valence-corrected chi connectivity index (χ4v) is 4.60. The van der Waals surface area contributed by atoms with Gasteiger partial charge in [0.05, 0.1) is 0 Å². The van der Waals surface area contributed by atoms with Crippen molar-refractivity contribution in [3.05, 3.63) is 0 Å². The molecule has 1 heterocycles. The third-order valence-corrected chi connectivity index (χ3v) is 5.48. The molecule has 0 bridgehead atoms. The summed E-state index contributed by atoms with van der Waals surface area (Å²) in [6.07, 6.45) is 11.4. The van der Waals surface area contributed by atoms with Crippen LogP contribution in [0.4, 0.5) is 0 Å². The molecule has 2 nitrogen and oxygen atoms in total. The number of rotatable bonds is 7. The predicted octanol–water partition coefficient (Wildman–Crippen LogP) is 4.30. The Morgan fingerprint density at radius 1 is 1.10 bits per heavy atom. The smallest absolute Gasteiger partial charge is 0.00980 e. The van der Waals surface area contributed by atoms with Crippen molar-refractivity contribution in [1.29, 1.82) is 0 Å². The third kappa shape index (κ3) is 5.90. The highest BCUT2D eigenvalue weighted by molar-refractivity contribution is 4.83. The summed E-state index contributed by atoms with van der Waals surface area (Å²) < 4.78 is 0. The molecule has 124 valence electrons. The Labute approximate surface area is 133 Å². The van der Waals surface area contributed by atoms with Crippen LogP contribution in [0.15, 0.2) is 0 Å². The minimum absolute atomic E-state index is 0.871. The van der Waals surface area contributed by atoms with Gasteiger partial charge in [0.25, 0.3) is 0 Å². The molecule has 0 aromatic carbocycles. The van der Waals surface area contributed by atoms with Crippen molar-refractivity contribution >= 4 is 0 Å². The van der Waals surface area contributed by atoms with E-state index in [9.17, 15) is 0 Å². The van der Waals surface area contributed by atoms with Crippen molar-refractivity contribution in [2.45, 2.75) is 78.2 Å². The molecule has 1 aliphatic heterocycles. The maximum Gasteiger partial charge on any atom is 0.00980 e. The van der Waals surface area contributed by atoms with E-state index in [1.807, 2.05) is 0 Å². The number of nitrogens with zero attached hydrogens (tertiary/aromatic N) is 1. The molecular formula is C19H38N2. The van der Waals surface area contributed by atoms with Gasteiger partial charge in [-0.05, 0) is 75.9 Å². The highest BCUT2D eigenvalue weighted by atomic mass is 15.2. The molecule has 2 aliphatic rings. The second-order valence-electron chi connectivity index (χ2n) is 8.02. The molecule has 3 unspecified atom stereocenters. The van der Waals surface area contributed by atoms with Gasteiger partial charge in [-0.2, -0.15) is 0 Å². The number of hydrogen-bond acceptors (Lipinski definition) is 2. The van der Waals surface area contributed by atoms with E-state index in [0.717, 1.165) is 23.8 Å². The van der Waals surface area contributed by atoms with E-state index in [1.54, 1.807) is 0 Å². The molecule has 0 aromatic rings. The van der Waals surface area contributed by atoms with Crippen LogP contribution in [0.3, 0.4) is 0 Å². The quantitative estimate of drug-likeness (QED) is 0.753. The van der Waals surface area contributed by atoms with Crippen molar-refractivity contribution in [3.63, 3.8) is 0 Å². The molecule has 2 heteroatoms. The fraction of sp³-hybridized carbons (Fsp3) is 1.00. The highest BCUT2D eigenvalue weighted by Crippen LogP contribution is 2.32. The Bertz CT molecular complexity index is 271. The summed E-state index contributed by atoms with van der Waals surface area (Å²) in [7, 11) is 0. The van der Waals surface area contributed by atoms with Crippen molar-refractivity contribution in [2.75, 3.05) is 26.2 Å². The Balaban J connectivity index is 1.86. The number of hydrogen-bond donors (Lipinski definition) is 1. The van der Waals surface area contributed by atoms with Crippen LogP contribution in [0.5, 0.6) is 0 Å². The summed E-state index contributed by atoms with van der Waals surface area (Å²) in [5.74, 6) is 2.76. The van der Waals surface area contributed by atoms with E-state index < -0.39 is 0 Å². The predicted molar refractivity (Wildman–Crippen MR) is 92.7 cm³/mol. The van der Waals surface area contributed by atoms with Gasteiger partial charge >= 0.3 is 0 Å². The molecule has 0 radical (unpaired) electrons.